The van der Waals surface area contributed by atoms with Crippen LogP contribution in [0.1, 0.15) is 104 Å². The predicted molar refractivity (Wildman–Crippen MR) is 177 cm³/mol. The van der Waals surface area contributed by atoms with Crippen LogP contribution in [0.2, 0.25) is 0 Å². The predicted octanol–water partition coefficient (Wildman–Crippen LogP) is 9.01. The highest BCUT2D eigenvalue weighted by molar-refractivity contribution is 5.90. The summed E-state index contributed by atoms with van der Waals surface area (Å²) in [6.07, 6.45) is 22.9. The Kier molecular flexibility index (Phi) is 19.2. The Labute approximate surface area is 251 Å². The van der Waals surface area contributed by atoms with Gasteiger partial charge in [-0.2, -0.15) is 0 Å². The molecular formula is C35H58N4O2. The SMILES string of the molecule is CCC.CCCCC.CN(C)C=O.COc1cc2ncnc(NCC3=CC=CCC3)c2cc1CC1CCC(C)CC1. The summed E-state index contributed by atoms with van der Waals surface area (Å²) in [6.45, 7) is 11.9. The van der Waals surface area contributed by atoms with E-state index in [0.717, 1.165) is 66.5 Å². The van der Waals surface area contributed by atoms with Gasteiger partial charge in [0.05, 0.1) is 12.6 Å². The fourth-order valence-corrected chi connectivity index (χ4v) is 4.81. The molecule has 230 valence electrons. The molecule has 0 bridgehead atoms. The van der Waals surface area contributed by atoms with Gasteiger partial charge in [-0.25, -0.2) is 9.97 Å². The van der Waals surface area contributed by atoms with Crippen molar-refractivity contribution < 1.29 is 9.53 Å². The molecule has 2 aliphatic rings. The van der Waals surface area contributed by atoms with Crippen molar-refractivity contribution in [1.82, 2.24) is 14.9 Å². The Balaban J connectivity index is 0.000000545. The first-order valence-electron chi connectivity index (χ1n) is 15.8. The number of benzene rings is 1. The van der Waals surface area contributed by atoms with Crippen LogP contribution < -0.4 is 10.1 Å². The molecular weight excluding hydrogens is 508 g/mol. The Bertz CT molecular complexity index is 1040. The normalized spacial score (nSPS) is 17.4. The summed E-state index contributed by atoms with van der Waals surface area (Å²) < 4.78 is 5.71. The summed E-state index contributed by atoms with van der Waals surface area (Å²) in [7, 11) is 5.14. The van der Waals surface area contributed by atoms with Gasteiger partial charge in [0.25, 0.3) is 0 Å². The molecule has 0 aliphatic heterocycles. The number of carbonyl (C=O) groups is 1. The molecule has 0 spiro atoms. The summed E-state index contributed by atoms with van der Waals surface area (Å²) in [5.41, 5.74) is 3.64. The fraction of sp³-hybridized carbons (Fsp3) is 0.629. The van der Waals surface area contributed by atoms with E-state index in [-0.39, 0.29) is 0 Å². The molecule has 6 nitrogen and oxygen atoms in total. The number of hydrogen-bond acceptors (Lipinski definition) is 5. The lowest BCUT2D eigenvalue weighted by Crippen LogP contribution is -2.15. The number of anilines is 1. The van der Waals surface area contributed by atoms with Gasteiger partial charge in [-0.3, -0.25) is 4.79 Å². The average Bonchev–Trinajstić information content (AvgIpc) is 2.99. The molecule has 0 radical (unpaired) electrons. The number of methoxy groups -OCH3 is 1. The number of unbranched alkanes of at least 4 members (excludes halogenated alkanes) is 2. The van der Waals surface area contributed by atoms with Gasteiger partial charge in [-0.15, -0.1) is 0 Å². The van der Waals surface area contributed by atoms with Crippen LogP contribution in [0.3, 0.4) is 0 Å². The van der Waals surface area contributed by atoms with E-state index in [0.29, 0.717) is 0 Å². The molecule has 4 rings (SSSR count). The van der Waals surface area contributed by atoms with E-state index in [4.69, 9.17) is 4.74 Å². The third-order valence-electron chi connectivity index (χ3n) is 7.18. The minimum absolute atomic E-state index is 0.750. The van der Waals surface area contributed by atoms with E-state index in [1.807, 2.05) is 0 Å². The molecule has 2 aromatic rings. The summed E-state index contributed by atoms with van der Waals surface area (Å²) >= 11 is 0. The second-order valence-electron chi connectivity index (χ2n) is 11.5. The van der Waals surface area contributed by atoms with Crippen LogP contribution in [0.5, 0.6) is 5.75 Å². The number of fused-ring (bicyclic) bond motifs is 1. The standard InChI is InChI=1S/C24H31N3O.C5H12.C3H7NO.C3H8/c1-17-8-10-18(11-9-17)12-20-13-21-22(14-23(20)28-2)26-16-27-24(21)25-15-19-6-4-3-5-7-19;1-3-5-4-2;1-4(2)3-5;1-3-2/h3-4,6,13-14,16-18H,5,7-12,15H2,1-2H3,(H,25,26,27);3-5H2,1-2H3;3H,1-2H3;3H2,1-2H3. The molecule has 0 atom stereocenters. The van der Waals surface area contributed by atoms with Gasteiger partial charge < -0.3 is 15.0 Å². The Morgan fingerprint density at radius 2 is 1.71 bits per heavy atom. The molecule has 0 saturated heterocycles. The minimum atomic E-state index is 0.750. The number of rotatable bonds is 9. The molecule has 1 heterocycles. The van der Waals surface area contributed by atoms with E-state index in [1.54, 1.807) is 27.5 Å². The van der Waals surface area contributed by atoms with Crippen LogP contribution in [0, 0.1) is 11.8 Å². The monoisotopic (exact) mass is 566 g/mol. The number of amides is 1. The van der Waals surface area contributed by atoms with Gasteiger partial charge in [0.1, 0.15) is 17.9 Å². The first-order chi connectivity index (χ1) is 19.8. The zero-order valence-corrected chi connectivity index (χ0v) is 27.3. The number of ether oxygens (including phenoxy) is 1. The second kappa shape index (κ2) is 21.8. The molecule has 1 N–H and O–H groups in total. The second-order valence-corrected chi connectivity index (χ2v) is 11.5. The van der Waals surface area contributed by atoms with Crippen molar-refractivity contribution in [3.05, 3.63) is 47.8 Å². The van der Waals surface area contributed by atoms with Crippen molar-refractivity contribution in [2.45, 2.75) is 105 Å². The van der Waals surface area contributed by atoms with Gasteiger partial charge in [0, 0.05) is 32.1 Å². The number of nitrogens with one attached hydrogen (secondary N) is 1. The van der Waals surface area contributed by atoms with Gasteiger partial charge >= 0.3 is 0 Å². The number of aromatic nitrogens is 2. The molecule has 0 unspecified atom stereocenters. The molecule has 2 aliphatic carbocycles. The van der Waals surface area contributed by atoms with Crippen LogP contribution in [0.25, 0.3) is 10.9 Å². The fourth-order valence-electron chi connectivity index (χ4n) is 4.81. The number of allylic oxidation sites excluding steroid dienone is 3. The highest BCUT2D eigenvalue weighted by Crippen LogP contribution is 2.35. The van der Waals surface area contributed by atoms with Crippen LogP contribution in [0.15, 0.2) is 42.3 Å². The quantitative estimate of drug-likeness (QED) is 0.307. The highest BCUT2D eigenvalue weighted by atomic mass is 16.5. The largest absolute Gasteiger partial charge is 0.496 e. The zero-order chi connectivity index (χ0) is 30.5. The highest BCUT2D eigenvalue weighted by Gasteiger charge is 2.21. The molecule has 1 aromatic carbocycles. The Morgan fingerprint density at radius 1 is 1.05 bits per heavy atom. The van der Waals surface area contributed by atoms with Gasteiger partial charge in [0.2, 0.25) is 6.41 Å². The van der Waals surface area contributed by atoms with Crippen LogP contribution >= 0.6 is 0 Å². The average molecular weight is 567 g/mol. The van der Waals surface area contributed by atoms with E-state index in [1.165, 1.54) is 67.4 Å². The number of hydrogen-bond donors (Lipinski definition) is 1. The molecule has 1 amide bonds. The number of carbonyl (C=O) groups excluding carboxylic acids is 1. The van der Waals surface area contributed by atoms with Crippen molar-refractivity contribution in [3.8, 4) is 5.75 Å². The zero-order valence-electron chi connectivity index (χ0n) is 27.3. The van der Waals surface area contributed by atoms with E-state index in [2.05, 4.69) is 80.3 Å². The summed E-state index contributed by atoms with van der Waals surface area (Å²) in [5.74, 6) is 3.50. The van der Waals surface area contributed by atoms with Crippen LogP contribution in [0.4, 0.5) is 5.82 Å². The first-order valence-corrected chi connectivity index (χ1v) is 15.8. The Hall–Kier alpha value is -2.89. The van der Waals surface area contributed by atoms with Crippen LogP contribution in [-0.2, 0) is 11.2 Å². The van der Waals surface area contributed by atoms with E-state index >= 15 is 0 Å². The summed E-state index contributed by atoms with van der Waals surface area (Å²) in [6, 6.07) is 4.33. The smallest absolute Gasteiger partial charge is 0.209 e. The van der Waals surface area contributed by atoms with Gasteiger partial charge in [0.15, 0.2) is 0 Å². The lowest BCUT2D eigenvalue weighted by Gasteiger charge is -2.26. The number of nitrogens with zero attached hydrogens (tertiary/aromatic N) is 3. The third-order valence-corrected chi connectivity index (χ3v) is 7.18. The van der Waals surface area contributed by atoms with Crippen molar-refractivity contribution in [1.29, 1.82) is 0 Å². The lowest BCUT2D eigenvalue weighted by atomic mass is 9.80. The van der Waals surface area contributed by atoms with Crippen molar-refractivity contribution in [3.63, 3.8) is 0 Å². The van der Waals surface area contributed by atoms with Gasteiger partial charge in [-0.05, 0) is 55.6 Å². The topological polar surface area (TPSA) is 67.4 Å². The van der Waals surface area contributed by atoms with E-state index in [9.17, 15) is 4.79 Å². The molecule has 1 saturated carbocycles. The lowest BCUT2D eigenvalue weighted by molar-refractivity contribution is -0.115. The molecule has 1 aromatic heterocycles. The summed E-state index contributed by atoms with van der Waals surface area (Å²) in [5, 5.41) is 4.63. The minimum Gasteiger partial charge on any atom is -0.496 e. The maximum Gasteiger partial charge on any atom is 0.209 e. The van der Waals surface area contributed by atoms with Crippen molar-refractivity contribution in [2.24, 2.45) is 11.8 Å². The van der Waals surface area contributed by atoms with Crippen molar-refractivity contribution >= 4 is 23.1 Å². The van der Waals surface area contributed by atoms with E-state index < -0.39 is 0 Å². The third kappa shape index (κ3) is 14.5. The molecule has 6 heteroatoms. The Morgan fingerprint density at radius 3 is 2.22 bits per heavy atom. The summed E-state index contributed by atoms with van der Waals surface area (Å²) in [4.78, 5) is 19.9. The van der Waals surface area contributed by atoms with Crippen LogP contribution in [-0.4, -0.2) is 49.0 Å². The first kappa shape index (κ1) is 36.1. The van der Waals surface area contributed by atoms with Crippen molar-refractivity contribution in [2.75, 3.05) is 33.1 Å². The maximum atomic E-state index is 9.43. The maximum absolute atomic E-state index is 9.43. The van der Waals surface area contributed by atoms with Gasteiger partial charge in [-0.1, -0.05) is 96.9 Å². The molecule has 1 fully saturated rings. The molecule has 41 heavy (non-hydrogen) atoms.